The van der Waals surface area contributed by atoms with E-state index < -0.39 is 0 Å². The summed E-state index contributed by atoms with van der Waals surface area (Å²) in [5.74, 6) is 0.918. The van der Waals surface area contributed by atoms with Crippen molar-refractivity contribution < 1.29 is 4.74 Å². The third-order valence-electron chi connectivity index (χ3n) is 1.50. The molecule has 11 heavy (non-hydrogen) atoms. The van der Waals surface area contributed by atoms with Crippen molar-refractivity contribution in [2.75, 3.05) is 12.3 Å². The molecule has 0 saturated heterocycles. The van der Waals surface area contributed by atoms with Gasteiger partial charge in [0.1, 0.15) is 5.75 Å². The Morgan fingerprint density at radius 3 is 2.73 bits per heavy atom. The van der Waals surface area contributed by atoms with E-state index in [0.717, 1.165) is 17.0 Å². The van der Waals surface area contributed by atoms with Crippen molar-refractivity contribution in [2.45, 2.75) is 13.8 Å². The maximum absolute atomic E-state index is 5.57. The van der Waals surface area contributed by atoms with Gasteiger partial charge in [0.15, 0.2) is 0 Å². The minimum absolute atomic E-state index is 0.699. The lowest BCUT2D eigenvalue weighted by molar-refractivity contribution is 0.338. The Morgan fingerprint density at radius 1 is 1.45 bits per heavy atom. The minimum Gasteiger partial charge on any atom is -0.494 e. The molecule has 0 aliphatic carbocycles. The monoisotopic (exact) mass is 151 g/mol. The molecule has 2 nitrogen and oxygen atoms in total. The van der Waals surface area contributed by atoms with Crippen molar-refractivity contribution in [3.63, 3.8) is 0 Å². The van der Waals surface area contributed by atoms with Crippen molar-refractivity contribution in [3.8, 4) is 5.75 Å². The number of hydrogen-bond donors (Lipinski definition) is 1. The van der Waals surface area contributed by atoms with Gasteiger partial charge in [-0.05, 0) is 37.6 Å². The summed E-state index contributed by atoms with van der Waals surface area (Å²) < 4.78 is 5.34. The van der Waals surface area contributed by atoms with E-state index in [4.69, 9.17) is 10.5 Å². The molecular formula is C9H13NO. The van der Waals surface area contributed by atoms with E-state index in [2.05, 4.69) is 0 Å². The largest absolute Gasteiger partial charge is 0.494 e. The first-order valence-corrected chi connectivity index (χ1v) is 3.73. The quantitative estimate of drug-likeness (QED) is 0.656. The number of aryl methyl sites for hydroxylation is 1. The van der Waals surface area contributed by atoms with Crippen LogP contribution in [0.4, 0.5) is 5.69 Å². The van der Waals surface area contributed by atoms with Gasteiger partial charge in [0.2, 0.25) is 0 Å². The van der Waals surface area contributed by atoms with Gasteiger partial charge >= 0.3 is 0 Å². The zero-order chi connectivity index (χ0) is 8.27. The molecule has 0 fully saturated rings. The lowest BCUT2D eigenvalue weighted by Gasteiger charge is -2.06. The number of nitrogens with two attached hydrogens (primary N) is 1. The summed E-state index contributed by atoms with van der Waals surface area (Å²) in [7, 11) is 0. The maximum atomic E-state index is 5.57. The Labute approximate surface area is 67.0 Å². The molecule has 0 saturated carbocycles. The molecule has 0 aliphatic heterocycles. The first-order valence-electron chi connectivity index (χ1n) is 3.73. The molecular weight excluding hydrogens is 138 g/mol. The number of ether oxygens (including phenoxy) is 1. The summed E-state index contributed by atoms with van der Waals surface area (Å²) >= 11 is 0. The van der Waals surface area contributed by atoms with Gasteiger partial charge in [-0.3, -0.25) is 0 Å². The van der Waals surface area contributed by atoms with Crippen molar-refractivity contribution in [1.82, 2.24) is 0 Å². The fourth-order valence-electron chi connectivity index (χ4n) is 0.990. The Kier molecular flexibility index (Phi) is 2.36. The van der Waals surface area contributed by atoms with Gasteiger partial charge < -0.3 is 10.5 Å². The highest BCUT2D eigenvalue weighted by molar-refractivity contribution is 5.47. The molecule has 1 rings (SSSR count). The van der Waals surface area contributed by atoms with E-state index >= 15 is 0 Å². The molecule has 0 atom stereocenters. The van der Waals surface area contributed by atoms with E-state index in [9.17, 15) is 0 Å². The van der Waals surface area contributed by atoms with Crippen molar-refractivity contribution in [3.05, 3.63) is 23.8 Å². The fourth-order valence-corrected chi connectivity index (χ4v) is 0.990. The second-order valence-electron chi connectivity index (χ2n) is 2.46. The summed E-state index contributed by atoms with van der Waals surface area (Å²) in [6.45, 7) is 4.65. The van der Waals surface area contributed by atoms with Crippen molar-refractivity contribution >= 4 is 5.69 Å². The molecule has 2 heteroatoms. The average Bonchev–Trinajstić information content (AvgIpc) is 1.95. The minimum atomic E-state index is 0.699. The SMILES string of the molecule is CCOc1ccc(N)cc1C. The molecule has 0 aromatic heterocycles. The maximum Gasteiger partial charge on any atom is 0.122 e. The second kappa shape index (κ2) is 3.28. The highest BCUT2D eigenvalue weighted by atomic mass is 16.5. The Morgan fingerprint density at radius 2 is 2.18 bits per heavy atom. The highest BCUT2D eigenvalue weighted by Gasteiger charge is 1.96. The number of anilines is 1. The zero-order valence-electron chi connectivity index (χ0n) is 6.92. The third-order valence-corrected chi connectivity index (χ3v) is 1.50. The Bertz CT molecular complexity index is 245. The van der Waals surface area contributed by atoms with Gasteiger partial charge in [-0.25, -0.2) is 0 Å². The fraction of sp³-hybridized carbons (Fsp3) is 0.333. The smallest absolute Gasteiger partial charge is 0.122 e. The van der Waals surface area contributed by atoms with Crippen molar-refractivity contribution in [1.29, 1.82) is 0 Å². The van der Waals surface area contributed by atoms with E-state index in [0.29, 0.717) is 6.61 Å². The molecule has 1 aromatic rings. The molecule has 0 heterocycles. The predicted molar refractivity (Wildman–Crippen MR) is 46.8 cm³/mol. The standard InChI is InChI=1S/C9H13NO/c1-3-11-9-5-4-8(10)6-7(9)2/h4-6H,3,10H2,1-2H3. The number of rotatable bonds is 2. The van der Waals surface area contributed by atoms with Crippen LogP contribution < -0.4 is 10.5 Å². The van der Waals surface area contributed by atoms with Crippen LogP contribution in [0.1, 0.15) is 12.5 Å². The van der Waals surface area contributed by atoms with Crippen LogP contribution in [0.25, 0.3) is 0 Å². The van der Waals surface area contributed by atoms with Crippen LogP contribution in [0.2, 0.25) is 0 Å². The first kappa shape index (κ1) is 7.92. The third kappa shape index (κ3) is 1.87. The summed E-state index contributed by atoms with van der Waals surface area (Å²) in [5.41, 5.74) is 7.44. The lowest BCUT2D eigenvalue weighted by atomic mass is 10.2. The summed E-state index contributed by atoms with van der Waals surface area (Å²) in [5, 5.41) is 0. The van der Waals surface area contributed by atoms with Crippen LogP contribution in [0.5, 0.6) is 5.75 Å². The van der Waals surface area contributed by atoms with Crippen LogP contribution in [0.15, 0.2) is 18.2 Å². The van der Waals surface area contributed by atoms with Crippen LogP contribution in [0.3, 0.4) is 0 Å². The number of nitrogen functional groups attached to an aromatic ring is 1. The number of benzene rings is 1. The van der Waals surface area contributed by atoms with Crippen LogP contribution >= 0.6 is 0 Å². The van der Waals surface area contributed by atoms with E-state index in [1.165, 1.54) is 0 Å². The van der Waals surface area contributed by atoms with Crippen molar-refractivity contribution in [2.24, 2.45) is 0 Å². The molecule has 0 aliphatic rings. The molecule has 0 radical (unpaired) electrons. The summed E-state index contributed by atoms with van der Waals surface area (Å²) in [6, 6.07) is 5.65. The Balaban J connectivity index is 2.90. The van der Waals surface area contributed by atoms with Crippen LogP contribution in [0, 0.1) is 6.92 Å². The molecule has 2 N–H and O–H groups in total. The molecule has 0 spiro atoms. The van der Waals surface area contributed by atoms with E-state index in [1.807, 2.05) is 32.0 Å². The normalized spacial score (nSPS) is 9.64. The molecule has 0 unspecified atom stereocenters. The van der Waals surface area contributed by atoms with E-state index in [-0.39, 0.29) is 0 Å². The van der Waals surface area contributed by atoms with Gasteiger partial charge in [-0.2, -0.15) is 0 Å². The summed E-state index contributed by atoms with van der Waals surface area (Å²) in [4.78, 5) is 0. The number of hydrogen-bond acceptors (Lipinski definition) is 2. The predicted octanol–water partition coefficient (Wildman–Crippen LogP) is 1.98. The van der Waals surface area contributed by atoms with Gasteiger partial charge in [-0.1, -0.05) is 0 Å². The molecule has 60 valence electrons. The second-order valence-corrected chi connectivity index (χ2v) is 2.46. The van der Waals surface area contributed by atoms with E-state index in [1.54, 1.807) is 0 Å². The first-order chi connectivity index (χ1) is 5.24. The van der Waals surface area contributed by atoms with Crippen LogP contribution in [-0.4, -0.2) is 6.61 Å². The van der Waals surface area contributed by atoms with Gasteiger partial charge in [0.05, 0.1) is 6.61 Å². The zero-order valence-corrected chi connectivity index (χ0v) is 6.92. The highest BCUT2D eigenvalue weighted by Crippen LogP contribution is 2.19. The van der Waals surface area contributed by atoms with Gasteiger partial charge in [-0.15, -0.1) is 0 Å². The molecule has 1 aromatic carbocycles. The average molecular weight is 151 g/mol. The lowest BCUT2D eigenvalue weighted by Crippen LogP contribution is -1.94. The Hall–Kier alpha value is -1.18. The molecule has 0 amide bonds. The molecule has 0 bridgehead atoms. The topological polar surface area (TPSA) is 35.2 Å². The van der Waals surface area contributed by atoms with Gasteiger partial charge in [0, 0.05) is 5.69 Å². The van der Waals surface area contributed by atoms with Gasteiger partial charge in [0.25, 0.3) is 0 Å². The van der Waals surface area contributed by atoms with Crippen LogP contribution in [-0.2, 0) is 0 Å². The summed E-state index contributed by atoms with van der Waals surface area (Å²) in [6.07, 6.45) is 0.